The van der Waals surface area contributed by atoms with Crippen LogP contribution in [0.25, 0.3) is 0 Å². The van der Waals surface area contributed by atoms with Gasteiger partial charge in [-0.3, -0.25) is 4.79 Å². The lowest BCUT2D eigenvalue weighted by Gasteiger charge is -2.17. The van der Waals surface area contributed by atoms with Crippen molar-refractivity contribution < 1.29 is 9.53 Å². The maximum Gasteiger partial charge on any atom is 0.226 e. The summed E-state index contributed by atoms with van der Waals surface area (Å²) in [5, 5.41) is 3.27. The van der Waals surface area contributed by atoms with Crippen molar-refractivity contribution in [3.8, 4) is 0 Å². The Kier molecular flexibility index (Phi) is 6.30. The van der Waals surface area contributed by atoms with Gasteiger partial charge in [-0.2, -0.15) is 0 Å². The summed E-state index contributed by atoms with van der Waals surface area (Å²) in [6.45, 7) is 7.54. The second-order valence-corrected chi connectivity index (χ2v) is 6.39. The van der Waals surface area contributed by atoms with Crippen molar-refractivity contribution in [1.29, 1.82) is 0 Å². The zero-order chi connectivity index (χ0) is 15.2. The zero-order valence-corrected chi connectivity index (χ0v) is 13.1. The first-order valence-electron chi connectivity index (χ1n) is 6.70. The molecule has 1 aromatic carbocycles. The van der Waals surface area contributed by atoms with Crippen molar-refractivity contribution in [3.63, 3.8) is 0 Å². The van der Waals surface area contributed by atoms with Crippen LogP contribution in [0.15, 0.2) is 18.2 Å². The summed E-state index contributed by atoms with van der Waals surface area (Å²) < 4.78 is 5.45. The summed E-state index contributed by atoms with van der Waals surface area (Å²) in [6, 6.07) is 4.98. The van der Waals surface area contributed by atoms with Gasteiger partial charge >= 0.3 is 0 Å². The summed E-state index contributed by atoms with van der Waals surface area (Å²) in [6.07, 6.45) is 1.27. The number of hydrogen-bond donors (Lipinski definition) is 2. The number of anilines is 2. The Balaban J connectivity index is 2.29. The van der Waals surface area contributed by atoms with Crippen LogP contribution in [-0.4, -0.2) is 19.1 Å². The average Bonchev–Trinajstić information content (AvgIpc) is 2.32. The molecule has 0 aliphatic heterocycles. The van der Waals surface area contributed by atoms with E-state index in [0.29, 0.717) is 36.0 Å². The van der Waals surface area contributed by atoms with E-state index < -0.39 is 0 Å². The third-order valence-electron chi connectivity index (χ3n) is 2.76. The van der Waals surface area contributed by atoms with Crippen molar-refractivity contribution in [1.82, 2.24) is 0 Å². The van der Waals surface area contributed by atoms with Gasteiger partial charge < -0.3 is 15.8 Å². The summed E-state index contributed by atoms with van der Waals surface area (Å²) in [5.74, 6) is -0.130. The predicted molar refractivity (Wildman–Crippen MR) is 84.0 cm³/mol. The third-order valence-corrected chi connectivity index (χ3v) is 2.99. The van der Waals surface area contributed by atoms with E-state index >= 15 is 0 Å². The number of benzene rings is 1. The van der Waals surface area contributed by atoms with E-state index in [1.165, 1.54) is 0 Å². The summed E-state index contributed by atoms with van der Waals surface area (Å²) >= 11 is 5.86. The molecule has 0 spiro atoms. The Morgan fingerprint density at radius 1 is 1.35 bits per heavy atom. The van der Waals surface area contributed by atoms with E-state index in [4.69, 9.17) is 22.1 Å². The van der Waals surface area contributed by atoms with Crippen molar-refractivity contribution in [2.45, 2.75) is 33.6 Å². The van der Waals surface area contributed by atoms with Crippen LogP contribution in [0, 0.1) is 5.41 Å². The normalized spacial score (nSPS) is 11.4. The number of ether oxygens (including phenoxy) is 1. The van der Waals surface area contributed by atoms with Gasteiger partial charge in [0.2, 0.25) is 5.91 Å². The zero-order valence-electron chi connectivity index (χ0n) is 12.3. The van der Waals surface area contributed by atoms with Crippen molar-refractivity contribution in [2.75, 3.05) is 24.3 Å². The lowest BCUT2D eigenvalue weighted by molar-refractivity contribution is -0.117. The number of nitrogens with two attached hydrogens (primary N) is 1. The number of amides is 1. The highest BCUT2D eigenvalue weighted by molar-refractivity contribution is 6.31. The first-order chi connectivity index (χ1) is 9.28. The van der Waals surface area contributed by atoms with Gasteiger partial charge in [0.1, 0.15) is 0 Å². The first kappa shape index (κ1) is 16.8. The third kappa shape index (κ3) is 6.78. The van der Waals surface area contributed by atoms with Crippen LogP contribution in [0.3, 0.4) is 0 Å². The molecule has 5 heteroatoms. The molecule has 112 valence electrons. The number of rotatable bonds is 6. The van der Waals surface area contributed by atoms with Gasteiger partial charge in [0, 0.05) is 11.6 Å². The van der Waals surface area contributed by atoms with E-state index in [9.17, 15) is 4.79 Å². The lowest BCUT2D eigenvalue weighted by Crippen LogP contribution is -2.16. The Bertz CT molecular complexity index is 456. The van der Waals surface area contributed by atoms with E-state index in [-0.39, 0.29) is 11.3 Å². The molecular formula is C15H23ClN2O2. The fraction of sp³-hybridized carbons (Fsp3) is 0.533. The highest BCUT2D eigenvalue weighted by atomic mass is 35.5. The molecule has 1 rings (SSSR count). The number of carbonyl (C=O) groups excluding carboxylic acids is 1. The highest BCUT2D eigenvalue weighted by Crippen LogP contribution is 2.23. The van der Waals surface area contributed by atoms with Crippen LogP contribution < -0.4 is 11.1 Å². The minimum Gasteiger partial charge on any atom is -0.397 e. The molecule has 0 aliphatic rings. The van der Waals surface area contributed by atoms with E-state index in [1.54, 1.807) is 18.2 Å². The van der Waals surface area contributed by atoms with Crippen LogP contribution >= 0.6 is 11.6 Å². The molecule has 0 aromatic heterocycles. The maximum absolute atomic E-state index is 11.7. The molecule has 0 heterocycles. The van der Waals surface area contributed by atoms with E-state index in [0.717, 1.165) is 6.42 Å². The molecule has 1 amide bonds. The highest BCUT2D eigenvalue weighted by Gasteiger charge is 2.10. The summed E-state index contributed by atoms with van der Waals surface area (Å²) in [7, 11) is 0. The number of carbonyl (C=O) groups is 1. The average molecular weight is 299 g/mol. The lowest BCUT2D eigenvalue weighted by atomic mass is 9.93. The van der Waals surface area contributed by atoms with Crippen LogP contribution in [0.1, 0.15) is 33.6 Å². The molecule has 3 N–H and O–H groups in total. The first-order valence-corrected chi connectivity index (χ1v) is 7.08. The second kappa shape index (κ2) is 7.50. The van der Waals surface area contributed by atoms with Crippen molar-refractivity contribution >= 4 is 28.9 Å². The van der Waals surface area contributed by atoms with Crippen LogP contribution in [-0.2, 0) is 9.53 Å². The van der Waals surface area contributed by atoms with Crippen LogP contribution in [0.2, 0.25) is 5.02 Å². The molecule has 0 aliphatic carbocycles. The Hall–Kier alpha value is -1.26. The number of halogens is 1. The Morgan fingerprint density at radius 2 is 2.05 bits per heavy atom. The minimum absolute atomic E-state index is 0.130. The predicted octanol–water partition coefficient (Wildman–Crippen LogP) is 3.70. The van der Waals surface area contributed by atoms with Crippen molar-refractivity contribution in [2.24, 2.45) is 5.41 Å². The van der Waals surface area contributed by atoms with Gasteiger partial charge in [0.15, 0.2) is 0 Å². The van der Waals surface area contributed by atoms with Gasteiger partial charge in [-0.15, -0.1) is 0 Å². The van der Waals surface area contributed by atoms with Gasteiger partial charge in [-0.05, 0) is 30.0 Å². The van der Waals surface area contributed by atoms with E-state index in [1.807, 2.05) is 0 Å². The topological polar surface area (TPSA) is 64.3 Å². The number of nitrogens with one attached hydrogen (secondary N) is 1. The molecule has 0 bridgehead atoms. The molecule has 0 saturated heterocycles. The summed E-state index contributed by atoms with van der Waals surface area (Å²) in [4.78, 5) is 11.7. The molecule has 0 radical (unpaired) electrons. The molecule has 1 aromatic rings. The van der Waals surface area contributed by atoms with Crippen LogP contribution in [0.5, 0.6) is 0 Å². The van der Waals surface area contributed by atoms with Gasteiger partial charge in [0.05, 0.1) is 24.4 Å². The molecule has 0 fully saturated rings. The molecule has 0 saturated carbocycles. The fourth-order valence-corrected chi connectivity index (χ4v) is 1.67. The SMILES string of the molecule is CC(C)(C)CCOCCC(=O)Nc1cc(Cl)ccc1N. The standard InChI is InChI=1S/C15H23ClN2O2/c1-15(2,3)7-9-20-8-6-14(19)18-13-10-11(16)4-5-12(13)17/h4-5,10H,6-9,17H2,1-3H3,(H,18,19). The molecule has 0 atom stereocenters. The minimum atomic E-state index is -0.130. The van der Waals surface area contributed by atoms with E-state index in [2.05, 4.69) is 26.1 Å². The Morgan fingerprint density at radius 3 is 2.70 bits per heavy atom. The van der Waals surface area contributed by atoms with Crippen LogP contribution in [0.4, 0.5) is 11.4 Å². The monoisotopic (exact) mass is 298 g/mol. The van der Waals surface area contributed by atoms with Gasteiger partial charge in [-0.1, -0.05) is 32.4 Å². The van der Waals surface area contributed by atoms with Gasteiger partial charge in [0.25, 0.3) is 0 Å². The maximum atomic E-state index is 11.7. The number of nitrogen functional groups attached to an aromatic ring is 1. The molecular weight excluding hydrogens is 276 g/mol. The quantitative estimate of drug-likeness (QED) is 0.621. The molecule has 0 unspecified atom stereocenters. The van der Waals surface area contributed by atoms with Crippen molar-refractivity contribution in [3.05, 3.63) is 23.2 Å². The largest absolute Gasteiger partial charge is 0.397 e. The molecule has 20 heavy (non-hydrogen) atoms. The van der Waals surface area contributed by atoms with Gasteiger partial charge in [-0.25, -0.2) is 0 Å². The Labute approximate surface area is 125 Å². The molecule has 4 nitrogen and oxygen atoms in total. The fourth-order valence-electron chi connectivity index (χ4n) is 1.49. The number of hydrogen-bond acceptors (Lipinski definition) is 3. The smallest absolute Gasteiger partial charge is 0.226 e. The second-order valence-electron chi connectivity index (χ2n) is 5.95. The summed E-state index contributed by atoms with van der Waals surface area (Å²) in [5.41, 5.74) is 7.04.